The van der Waals surface area contributed by atoms with Crippen molar-refractivity contribution in [2.75, 3.05) is 43.5 Å². The van der Waals surface area contributed by atoms with Crippen molar-refractivity contribution < 1.29 is 22.7 Å². The van der Waals surface area contributed by atoms with Gasteiger partial charge >= 0.3 is 0 Å². The summed E-state index contributed by atoms with van der Waals surface area (Å²) in [4.78, 5) is 35.1. The van der Waals surface area contributed by atoms with Gasteiger partial charge < -0.3 is 9.64 Å². The molecule has 2 aliphatic rings. The molecule has 1 aromatic heterocycles. The van der Waals surface area contributed by atoms with Crippen LogP contribution in [0.1, 0.15) is 25.1 Å². The number of hydrogen-bond donors (Lipinski definition) is 1. The third-order valence-electron chi connectivity index (χ3n) is 4.44. The third-order valence-corrected chi connectivity index (χ3v) is 5.75. The Morgan fingerprint density at radius 2 is 1.85 bits per heavy atom. The molecule has 1 N–H and O–H groups in total. The third kappa shape index (κ3) is 5.44. The van der Waals surface area contributed by atoms with Gasteiger partial charge in [-0.1, -0.05) is 0 Å². The Morgan fingerprint density at radius 1 is 1.15 bits per heavy atom. The zero-order valence-corrected chi connectivity index (χ0v) is 15.8. The zero-order valence-electron chi connectivity index (χ0n) is 15.0. The van der Waals surface area contributed by atoms with Crippen LogP contribution in [0, 0.1) is 0 Å². The number of carbonyl (C=O) groups excluding carboxylic acids is 2. The maximum Gasteiger partial charge on any atom is 0.229 e. The lowest BCUT2D eigenvalue weighted by molar-refractivity contribution is -0.147. The van der Waals surface area contributed by atoms with Crippen LogP contribution in [-0.2, 0) is 30.9 Å². The van der Waals surface area contributed by atoms with Crippen LogP contribution >= 0.6 is 0 Å². The average molecular weight is 397 g/mol. The number of anilines is 1. The van der Waals surface area contributed by atoms with Gasteiger partial charge in [0, 0.05) is 38.7 Å². The number of imide groups is 1. The van der Waals surface area contributed by atoms with Gasteiger partial charge in [-0.2, -0.15) is 0 Å². The van der Waals surface area contributed by atoms with E-state index >= 15 is 0 Å². The van der Waals surface area contributed by atoms with E-state index in [9.17, 15) is 18.0 Å². The fraction of sp³-hybridized carbons (Fsp3) is 0.625. The van der Waals surface area contributed by atoms with Crippen LogP contribution in [0.25, 0.3) is 0 Å². The Balaban J connectivity index is 1.54. The monoisotopic (exact) mass is 397 g/mol. The molecule has 0 atom stereocenters. The molecule has 2 amide bonds. The number of nitrogens with one attached hydrogen (secondary N) is 1. The minimum absolute atomic E-state index is 0.0532. The van der Waals surface area contributed by atoms with Gasteiger partial charge in [-0.3, -0.25) is 14.5 Å². The number of carbonyl (C=O) groups is 2. The van der Waals surface area contributed by atoms with E-state index in [1.807, 2.05) is 0 Å². The first-order valence-corrected chi connectivity index (χ1v) is 10.5. The van der Waals surface area contributed by atoms with Crippen molar-refractivity contribution in [3.8, 4) is 0 Å². The molecule has 0 unspecified atom stereocenters. The van der Waals surface area contributed by atoms with E-state index in [1.165, 1.54) is 0 Å². The molecule has 0 saturated carbocycles. The topological polar surface area (TPSA) is 122 Å². The van der Waals surface area contributed by atoms with Crippen molar-refractivity contribution in [3.05, 3.63) is 18.1 Å². The number of morpholine rings is 1. The first-order valence-electron chi connectivity index (χ1n) is 8.90. The van der Waals surface area contributed by atoms with Crippen LogP contribution in [-0.4, -0.2) is 73.7 Å². The second kappa shape index (κ2) is 8.72. The normalized spacial score (nSPS) is 18.8. The standard InChI is InChI=1S/C16H23N5O5S/c22-15-2-1-3-16(23)21(15)8-11-27(24,25)18-12-13-17-5-4-14(19-13)20-6-9-26-10-7-20/h4-5,18H,1-3,6-12H2. The number of nitrogens with zero attached hydrogens (tertiary/aromatic N) is 4. The average Bonchev–Trinajstić information content (AvgIpc) is 2.67. The van der Waals surface area contributed by atoms with Gasteiger partial charge in [0.1, 0.15) is 11.6 Å². The Kier molecular flexibility index (Phi) is 6.34. The summed E-state index contributed by atoms with van der Waals surface area (Å²) in [5, 5.41) is 0. The van der Waals surface area contributed by atoms with E-state index in [2.05, 4.69) is 19.6 Å². The summed E-state index contributed by atoms with van der Waals surface area (Å²) in [6.07, 6.45) is 2.67. The van der Waals surface area contributed by atoms with Crippen LogP contribution in [0.5, 0.6) is 0 Å². The summed E-state index contributed by atoms with van der Waals surface area (Å²) in [7, 11) is -3.67. The van der Waals surface area contributed by atoms with E-state index in [1.54, 1.807) is 12.3 Å². The summed E-state index contributed by atoms with van der Waals surface area (Å²) in [6, 6.07) is 1.77. The Labute approximate surface area is 158 Å². The predicted molar refractivity (Wildman–Crippen MR) is 96.3 cm³/mol. The molecule has 10 nitrogen and oxygen atoms in total. The van der Waals surface area contributed by atoms with Gasteiger partial charge in [-0.25, -0.2) is 23.1 Å². The maximum atomic E-state index is 12.2. The highest BCUT2D eigenvalue weighted by molar-refractivity contribution is 7.89. The van der Waals surface area contributed by atoms with Crippen molar-refractivity contribution >= 4 is 27.7 Å². The molecule has 0 bridgehead atoms. The molecule has 0 spiro atoms. The first-order chi connectivity index (χ1) is 12.9. The van der Waals surface area contributed by atoms with Crippen LogP contribution in [0.4, 0.5) is 5.82 Å². The highest BCUT2D eigenvalue weighted by atomic mass is 32.2. The van der Waals surface area contributed by atoms with E-state index in [0.29, 0.717) is 25.5 Å². The van der Waals surface area contributed by atoms with Gasteiger partial charge in [0.15, 0.2) is 0 Å². The van der Waals surface area contributed by atoms with Gasteiger partial charge in [-0.05, 0) is 12.5 Å². The van der Waals surface area contributed by atoms with Crippen molar-refractivity contribution in [1.82, 2.24) is 19.6 Å². The SMILES string of the molecule is O=C1CCCC(=O)N1CCS(=O)(=O)NCc1nccc(N2CCOCC2)n1. The molecule has 2 aliphatic heterocycles. The number of ether oxygens (including phenoxy) is 1. The molecule has 3 rings (SSSR count). The zero-order chi connectivity index (χ0) is 19.3. The Bertz CT molecular complexity index is 778. The van der Waals surface area contributed by atoms with Crippen molar-refractivity contribution in [2.45, 2.75) is 25.8 Å². The largest absolute Gasteiger partial charge is 0.378 e. The predicted octanol–water partition coefficient (Wildman–Crippen LogP) is -0.728. The molecule has 148 valence electrons. The lowest BCUT2D eigenvalue weighted by Crippen LogP contribution is -2.44. The Morgan fingerprint density at radius 3 is 2.56 bits per heavy atom. The van der Waals surface area contributed by atoms with Gasteiger partial charge in [0.2, 0.25) is 21.8 Å². The second-order valence-electron chi connectivity index (χ2n) is 6.36. The summed E-state index contributed by atoms with van der Waals surface area (Å²) >= 11 is 0. The van der Waals surface area contributed by atoms with E-state index < -0.39 is 10.0 Å². The molecule has 0 radical (unpaired) electrons. The smallest absolute Gasteiger partial charge is 0.229 e. The molecular formula is C16H23N5O5S. The number of piperidine rings is 1. The number of amides is 2. The number of hydrogen-bond acceptors (Lipinski definition) is 8. The van der Waals surface area contributed by atoms with Crippen LogP contribution in [0.3, 0.4) is 0 Å². The van der Waals surface area contributed by atoms with Crippen LogP contribution in [0.15, 0.2) is 12.3 Å². The van der Waals surface area contributed by atoms with Crippen molar-refractivity contribution in [1.29, 1.82) is 0 Å². The van der Waals surface area contributed by atoms with Crippen molar-refractivity contribution in [2.24, 2.45) is 0 Å². The fourth-order valence-electron chi connectivity index (χ4n) is 2.95. The number of likely N-dealkylation sites (tertiary alicyclic amines) is 1. The summed E-state index contributed by atoms with van der Waals surface area (Å²) in [6.45, 7) is 2.50. The van der Waals surface area contributed by atoms with Crippen LogP contribution in [0.2, 0.25) is 0 Å². The molecule has 2 fully saturated rings. The first kappa shape index (κ1) is 19.6. The van der Waals surface area contributed by atoms with Gasteiger partial charge in [0.25, 0.3) is 0 Å². The highest BCUT2D eigenvalue weighted by Gasteiger charge is 2.27. The molecule has 27 heavy (non-hydrogen) atoms. The number of aromatic nitrogens is 2. The lowest BCUT2D eigenvalue weighted by atomic mass is 10.1. The molecule has 1 aromatic rings. The van der Waals surface area contributed by atoms with E-state index in [0.717, 1.165) is 23.8 Å². The summed E-state index contributed by atoms with van der Waals surface area (Å²) in [5.41, 5.74) is 0. The minimum Gasteiger partial charge on any atom is -0.378 e. The van der Waals surface area contributed by atoms with Gasteiger partial charge in [0.05, 0.1) is 25.5 Å². The molecule has 0 aromatic carbocycles. The fourth-order valence-corrected chi connectivity index (χ4v) is 3.87. The molecule has 0 aliphatic carbocycles. The van der Waals surface area contributed by atoms with E-state index in [-0.39, 0.29) is 43.5 Å². The number of rotatable bonds is 7. The summed E-state index contributed by atoms with van der Waals surface area (Å²) in [5.74, 6) is 0.110. The molecule has 3 heterocycles. The maximum absolute atomic E-state index is 12.2. The van der Waals surface area contributed by atoms with Gasteiger partial charge in [-0.15, -0.1) is 0 Å². The number of sulfonamides is 1. The highest BCUT2D eigenvalue weighted by Crippen LogP contribution is 2.13. The van der Waals surface area contributed by atoms with Crippen LogP contribution < -0.4 is 9.62 Å². The summed E-state index contributed by atoms with van der Waals surface area (Å²) < 4.78 is 32.1. The van der Waals surface area contributed by atoms with Crippen molar-refractivity contribution in [3.63, 3.8) is 0 Å². The minimum atomic E-state index is -3.67. The molecule has 2 saturated heterocycles. The second-order valence-corrected chi connectivity index (χ2v) is 8.29. The lowest BCUT2D eigenvalue weighted by Gasteiger charge is -2.27. The quantitative estimate of drug-likeness (QED) is 0.598. The molecular weight excluding hydrogens is 374 g/mol. The Hall–Kier alpha value is -2.11. The van der Waals surface area contributed by atoms with E-state index in [4.69, 9.17) is 4.74 Å². The molecule has 11 heteroatoms.